The fourth-order valence-corrected chi connectivity index (χ4v) is 3.88. The highest BCUT2D eigenvalue weighted by molar-refractivity contribution is 5.90. The Hall–Kier alpha value is -4.60. The van der Waals surface area contributed by atoms with Crippen LogP contribution in [0.1, 0.15) is 17.1 Å². The third kappa shape index (κ3) is 3.47. The van der Waals surface area contributed by atoms with Crippen molar-refractivity contribution in [2.24, 2.45) is 0 Å². The quantitative estimate of drug-likeness (QED) is 0.321. The van der Waals surface area contributed by atoms with Crippen LogP contribution in [0.3, 0.4) is 0 Å². The first kappa shape index (κ1) is 20.3. The predicted octanol–water partition coefficient (Wildman–Crippen LogP) is 1.79. The van der Waals surface area contributed by atoms with E-state index in [4.69, 9.17) is 5.73 Å². The Morgan fingerprint density at radius 2 is 1.76 bits per heavy atom. The number of rotatable bonds is 4. The lowest BCUT2D eigenvalue weighted by atomic mass is 9.99. The fourth-order valence-electron chi connectivity index (χ4n) is 3.88. The van der Waals surface area contributed by atoms with Crippen molar-refractivity contribution in [1.82, 2.24) is 29.4 Å². The highest BCUT2D eigenvalue weighted by atomic mass is 16.5. The Labute approximate surface area is 188 Å². The topological polar surface area (TPSA) is 128 Å². The van der Waals surface area contributed by atoms with Crippen LogP contribution in [0.4, 0.5) is 5.95 Å². The van der Waals surface area contributed by atoms with Crippen molar-refractivity contribution in [2.75, 3.05) is 5.73 Å². The Balaban J connectivity index is 1.84. The molecule has 33 heavy (non-hydrogen) atoms. The van der Waals surface area contributed by atoms with Crippen LogP contribution in [-0.4, -0.2) is 34.6 Å². The van der Waals surface area contributed by atoms with Crippen LogP contribution in [-0.2, 0) is 6.54 Å². The number of aromatic nitrogens is 7. The second-order valence-corrected chi connectivity index (χ2v) is 7.71. The SMILES string of the molecule is Cc1cc(-c2c(-c3ccccc3)nc(N)n3c(=O)n(Cc4cccnn4)nc23)cc(C)[n+]1O. The molecule has 5 rings (SSSR count). The summed E-state index contributed by atoms with van der Waals surface area (Å²) in [5.74, 6) is 0.0320. The summed E-state index contributed by atoms with van der Waals surface area (Å²) in [6.07, 6.45) is 1.57. The number of fused-ring (bicyclic) bond motifs is 1. The van der Waals surface area contributed by atoms with Crippen LogP contribution in [0, 0.1) is 13.8 Å². The van der Waals surface area contributed by atoms with E-state index in [1.54, 1.807) is 32.2 Å². The van der Waals surface area contributed by atoms with Gasteiger partial charge in [0.05, 0.1) is 23.5 Å². The number of nitrogens with two attached hydrogens (primary N) is 1. The van der Waals surface area contributed by atoms with Crippen LogP contribution in [0.2, 0.25) is 0 Å². The zero-order valence-corrected chi connectivity index (χ0v) is 18.0. The van der Waals surface area contributed by atoms with Gasteiger partial charge in [-0.2, -0.15) is 10.2 Å². The van der Waals surface area contributed by atoms with Crippen LogP contribution in [0.25, 0.3) is 28.0 Å². The van der Waals surface area contributed by atoms with Gasteiger partial charge in [0.1, 0.15) is 0 Å². The summed E-state index contributed by atoms with van der Waals surface area (Å²) < 4.78 is 3.69. The minimum atomic E-state index is -0.428. The molecule has 0 aliphatic rings. The molecule has 10 nitrogen and oxygen atoms in total. The molecule has 5 aromatic rings. The number of nitrogen functional groups attached to an aromatic ring is 1. The van der Waals surface area contributed by atoms with Gasteiger partial charge in [0.2, 0.25) is 17.3 Å². The third-order valence-electron chi connectivity index (χ3n) is 5.43. The van der Waals surface area contributed by atoms with Gasteiger partial charge in [-0.25, -0.2) is 18.9 Å². The van der Waals surface area contributed by atoms with Gasteiger partial charge in [-0.1, -0.05) is 30.3 Å². The van der Waals surface area contributed by atoms with Crippen molar-refractivity contribution >= 4 is 11.6 Å². The van der Waals surface area contributed by atoms with E-state index >= 15 is 0 Å². The number of hydrogen-bond donors (Lipinski definition) is 2. The zero-order valence-electron chi connectivity index (χ0n) is 18.0. The second kappa shape index (κ2) is 7.83. The summed E-state index contributed by atoms with van der Waals surface area (Å²) in [5, 5.41) is 22.8. The molecule has 0 bridgehead atoms. The molecule has 1 aromatic carbocycles. The van der Waals surface area contributed by atoms with E-state index in [0.717, 1.165) is 15.9 Å². The normalized spacial score (nSPS) is 11.2. The van der Waals surface area contributed by atoms with Crippen LogP contribution < -0.4 is 16.2 Å². The van der Waals surface area contributed by atoms with Gasteiger partial charge in [-0.3, -0.25) is 5.21 Å². The van der Waals surface area contributed by atoms with E-state index in [-0.39, 0.29) is 12.5 Å². The van der Waals surface area contributed by atoms with Crippen LogP contribution in [0.5, 0.6) is 0 Å². The Morgan fingerprint density at radius 3 is 2.42 bits per heavy atom. The molecule has 0 aliphatic carbocycles. The minimum absolute atomic E-state index is 0.0320. The number of hydrogen-bond acceptors (Lipinski definition) is 7. The number of benzene rings is 1. The molecular weight excluding hydrogens is 420 g/mol. The number of aryl methyl sites for hydroxylation is 2. The summed E-state index contributed by atoms with van der Waals surface area (Å²) >= 11 is 0. The predicted molar refractivity (Wildman–Crippen MR) is 121 cm³/mol. The van der Waals surface area contributed by atoms with Crippen molar-refractivity contribution in [3.05, 3.63) is 88.4 Å². The molecule has 4 aromatic heterocycles. The lowest BCUT2D eigenvalue weighted by Gasteiger charge is -2.12. The average Bonchev–Trinajstić information content (AvgIpc) is 3.14. The molecule has 0 saturated heterocycles. The Kier molecular flexibility index (Phi) is 4.82. The first-order valence-corrected chi connectivity index (χ1v) is 10.3. The van der Waals surface area contributed by atoms with Gasteiger partial charge in [0.25, 0.3) is 0 Å². The molecule has 4 heterocycles. The molecule has 0 spiro atoms. The number of pyridine rings is 1. The van der Waals surface area contributed by atoms with Gasteiger partial charge in [-0.15, -0.1) is 5.10 Å². The van der Waals surface area contributed by atoms with E-state index in [1.807, 2.05) is 42.5 Å². The average molecular weight is 441 g/mol. The van der Waals surface area contributed by atoms with Gasteiger partial charge in [0.15, 0.2) is 5.65 Å². The van der Waals surface area contributed by atoms with Gasteiger partial charge in [0, 0.05) is 48.0 Å². The fraction of sp³-hybridized carbons (Fsp3) is 0.130. The minimum Gasteiger partial charge on any atom is -0.369 e. The second-order valence-electron chi connectivity index (χ2n) is 7.71. The summed E-state index contributed by atoms with van der Waals surface area (Å²) in [6, 6.07) is 16.7. The first-order chi connectivity index (χ1) is 15.9. The smallest absolute Gasteiger partial charge is 0.353 e. The van der Waals surface area contributed by atoms with Crippen molar-refractivity contribution in [1.29, 1.82) is 0 Å². The highest BCUT2D eigenvalue weighted by Crippen LogP contribution is 2.34. The van der Waals surface area contributed by atoms with E-state index in [0.29, 0.717) is 34.0 Å². The molecule has 0 amide bonds. The van der Waals surface area contributed by atoms with Gasteiger partial charge >= 0.3 is 5.69 Å². The summed E-state index contributed by atoms with van der Waals surface area (Å²) in [4.78, 5) is 17.8. The summed E-state index contributed by atoms with van der Waals surface area (Å²) in [5.41, 5.74) is 10.8. The third-order valence-corrected chi connectivity index (χ3v) is 5.43. The molecule has 0 radical (unpaired) electrons. The number of nitrogens with zero attached hydrogens (tertiary/aromatic N) is 7. The van der Waals surface area contributed by atoms with E-state index in [2.05, 4.69) is 20.3 Å². The standard InChI is InChI=1S/C23H20N8O2/c1-14-11-17(12-15(2)31(14)33)19-20(16-7-4-3-5-8-16)26-22(24)30-21(19)28-29(23(30)32)13-18-9-6-10-25-27-18/h3-12,24,33H,13H2,1-2H3/p+1. The largest absolute Gasteiger partial charge is 0.369 e. The van der Waals surface area contributed by atoms with Crippen molar-refractivity contribution in [2.45, 2.75) is 20.4 Å². The molecular formula is C23H21N8O2+. The van der Waals surface area contributed by atoms with E-state index in [9.17, 15) is 10.0 Å². The zero-order chi connectivity index (χ0) is 23.1. The highest BCUT2D eigenvalue weighted by Gasteiger charge is 2.24. The molecule has 3 N–H and O–H groups in total. The lowest BCUT2D eigenvalue weighted by molar-refractivity contribution is -0.912. The van der Waals surface area contributed by atoms with Crippen molar-refractivity contribution in [3.63, 3.8) is 0 Å². The Bertz CT molecular complexity index is 1520. The van der Waals surface area contributed by atoms with E-state index in [1.165, 1.54) is 9.08 Å². The van der Waals surface area contributed by atoms with Gasteiger partial charge in [-0.05, 0) is 12.1 Å². The molecule has 0 saturated carbocycles. The van der Waals surface area contributed by atoms with Crippen LogP contribution in [0.15, 0.2) is 65.6 Å². The molecule has 0 unspecified atom stereocenters. The van der Waals surface area contributed by atoms with Crippen LogP contribution >= 0.6 is 0 Å². The maximum atomic E-state index is 13.2. The molecule has 0 fully saturated rings. The maximum Gasteiger partial charge on any atom is 0.353 e. The van der Waals surface area contributed by atoms with Crippen molar-refractivity contribution < 1.29 is 9.94 Å². The lowest BCUT2D eigenvalue weighted by Crippen LogP contribution is -2.37. The monoisotopic (exact) mass is 441 g/mol. The molecule has 164 valence electrons. The molecule has 10 heteroatoms. The molecule has 0 aliphatic heterocycles. The van der Waals surface area contributed by atoms with Gasteiger partial charge < -0.3 is 5.73 Å². The van der Waals surface area contributed by atoms with E-state index < -0.39 is 5.69 Å². The first-order valence-electron chi connectivity index (χ1n) is 10.3. The van der Waals surface area contributed by atoms with Crippen molar-refractivity contribution in [3.8, 4) is 22.4 Å². The summed E-state index contributed by atoms with van der Waals surface area (Å²) in [7, 11) is 0. The maximum absolute atomic E-state index is 13.2. The Morgan fingerprint density at radius 1 is 1.03 bits per heavy atom. The summed E-state index contributed by atoms with van der Waals surface area (Å²) in [6.45, 7) is 3.72. The molecule has 0 atom stereocenters. The number of anilines is 1.